The van der Waals surface area contributed by atoms with Crippen molar-refractivity contribution in [1.29, 1.82) is 0 Å². The van der Waals surface area contributed by atoms with Crippen LogP contribution in [0.25, 0.3) is 0 Å². The van der Waals surface area contributed by atoms with Crippen LogP contribution in [0.4, 0.5) is 0 Å². The summed E-state index contributed by atoms with van der Waals surface area (Å²) in [7, 11) is 0. The second-order valence-corrected chi connectivity index (χ2v) is 4.61. The van der Waals surface area contributed by atoms with Crippen molar-refractivity contribution in [3.05, 3.63) is 0 Å². The van der Waals surface area contributed by atoms with Gasteiger partial charge in [0.25, 0.3) is 0 Å². The number of hydrogen-bond acceptors (Lipinski definition) is 5. The number of hydroxylamine groups is 1. The van der Waals surface area contributed by atoms with Gasteiger partial charge < -0.3 is 20.8 Å². The Morgan fingerprint density at radius 1 is 1.33 bits per heavy atom. The zero-order valence-corrected chi connectivity index (χ0v) is 8.27. The number of nitrogens with one attached hydrogen (secondary N) is 2. The average Bonchev–Trinajstić information content (AvgIpc) is 1.94. The molecular formula is C4H14N3O3PS. The molecule has 12 heavy (non-hydrogen) atoms. The first-order chi connectivity index (χ1) is 5.56. The fraction of sp³-hybridized carbons (Fsp3) is 1.00. The minimum Gasteiger partial charge on any atom is -0.329 e. The summed E-state index contributed by atoms with van der Waals surface area (Å²) in [5.41, 5.74) is 7.53. The predicted molar refractivity (Wildman–Crippen MR) is 49.7 cm³/mol. The molecule has 0 unspecified atom stereocenters. The van der Waals surface area contributed by atoms with Gasteiger partial charge in [0.1, 0.15) is 0 Å². The van der Waals surface area contributed by atoms with E-state index in [2.05, 4.69) is 27.2 Å². The molecule has 6 N–H and O–H groups in total. The molecule has 0 aliphatic rings. The lowest BCUT2D eigenvalue weighted by Crippen LogP contribution is -2.30. The van der Waals surface area contributed by atoms with Gasteiger partial charge in [0.05, 0.1) is 0 Å². The Labute approximate surface area is 76.3 Å². The Bertz CT molecular complexity index is 152. The lowest BCUT2D eigenvalue weighted by molar-refractivity contribution is 0.161. The Balaban J connectivity index is 3.06. The molecule has 0 rings (SSSR count). The summed E-state index contributed by atoms with van der Waals surface area (Å²) in [6, 6.07) is 0. The highest BCUT2D eigenvalue weighted by molar-refractivity contribution is 8.06. The number of hydrogen-bond donors (Lipinski definition) is 5. The van der Waals surface area contributed by atoms with E-state index in [4.69, 9.17) is 15.5 Å². The normalized spacial score (nSPS) is 11.9. The van der Waals surface area contributed by atoms with E-state index >= 15 is 0 Å². The van der Waals surface area contributed by atoms with Crippen LogP contribution in [-0.2, 0) is 16.4 Å². The van der Waals surface area contributed by atoms with Crippen LogP contribution in [0.3, 0.4) is 0 Å². The van der Waals surface area contributed by atoms with E-state index in [0.29, 0.717) is 26.2 Å². The summed E-state index contributed by atoms with van der Waals surface area (Å²) in [4.78, 5) is 17.2. The van der Waals surface area contributed by atoms with Gasteiger partial charge in [-0.05, 0) is 11.8 Å². The monoisotopic (exact) mass is 215 g/mol. The zero-order chi connectivity index (χ0) is 9.45. The topological polar surface area (TPSA) is 99.8 Å². The molecule has 0 aliphatic carbocycles. The summed E-state index contributed by atoms with van der Waals surface area (Å²) in [5, 5.41) is 2.97. The summed E-state index contributed by atoms with van der Waals surface area (Å²) in [6.07, 6.45) is 0. The third-order valence-electron chi connectivity index (χ3n) is 0.908. The molecule has 0 fully saturated rings. The number of nitrogens with two attached hydrogens (primary N) is 1. The van der Waals surface area contributed by atoms with Crippen molar-refractivity contribution in [1.82, 2.24) is 10.8 Å². The standard InChI is InChI=1S/C4H14N3O3PS/c5-1-2-6-3-4-7-10-11(8,9)12/h6-7H,1-5H2,(H2,8,9,12). The Hall–Kier alpha value is 0.410. The van der Waals surface area contributed by atoms with Crippen LogP contribution in [0, 0.1) is 0 Å². The van der Waals surface area contributed by atoms with Gasteiger partial charge in [-0.1, -0.05) is 0 Å². The van der Waals surface area contributed by atoms with Gasteiger partial charge in [0.2, 0.25) is 0 Å². The van der Waals surface area contributed by atoms with Crippen LogP contribution in [0.5, 0.6) is 0 Å². The molecule has 0 atom stereocenters. The van der Waals surface area contributed by atoms with Gasteiger partial charge in [0.15, 0.2) is 0 Å². The molecule has 0 aliphatic heterocycles. The summed E-state index contributed by atoms with van der Waals surface area (Å²) < 4.78 is 4.33. The fourth-order valence-corrected chi connectivity index (χ4v) is 0.914. The molecule has 0 saturated carbocycles. The maximum Gasteiger partial charge on any atom is 0.338 e. The predicted octanol–water partition coefficient (Wildman–Crippen LogP) is -1.74. The van der Waals surface area contributed by atoms with E-state index in [-0.39, 0.29) is 0 Å². The van der Waals surface area contributed by atoms with Crippen LogP contribution in [0.2, 0.25) is 0 Å². The van der Waals surface area contributed by atoms with Gasteiger partial charge in [-0.2, -0.15) is 5.48 Å². The minimum atomic E-state index is -3.55. The van der Waals surface area contributed by atoms with Crippen molar-refractivity contribution in [3.63, 3.8) is 0 Å². The third kappa shape index (κ3) is 10.4. The van der Waals surface area contributed by atoms with E-state index in [0.717, 1.165) is 0 Å². The third-order valence-corrected chi connectivity index (χ3v) is 1.50. The van der Waals surface area contributed by atoms with Gasteiger partial charge in [0, 0.05) is 26.2 Å². The Morgan fingerprint density at radius 2 is 2.00 bits per heavy atom. The largest absolute Gasteiger partial charge is 0.338 e. The highest BCUT2D eigenvalue weighted by Crippen LogP contribution is 2.34. The molecule has 0 amide bonds. The Morgan fingerprint density at radius 3 is 2.50 bits per heavy atom. The van der Waals surface area contributed by atoms with E-state index in [1.165, 1.54) is 0 Å². The molecule has 74 valence electrons. The van der Waals surface area contributed by atoms with Crippen LogP contribution >= 0.6 is 6.72 Å². The molecule has 0 radical (unpaired) electrons. The van der Waals surface area contributed by atoms with Crippen LogP contribution in [0.1, 0.15) is 0 Å². The van der Waals surface area contributed by atoms with E-state index in [1.54, 1.807) is 0 Å². The lowest BCUT2D eigenvalue weighted by atomic mass is 10.6. The highest BCUT2D eigenvalue weighted by Gasteiger charge is 2.05. The quantitative estimate of drug-likeness (QED) is 0.195. The van der Waals surface area contributed by atoms with Crippen molar-refractivity contribution in [2.75, 3.05) is 26.2 Å². The highest BCUT2D eigenvalue weighted by atomic mass is 32.5. The molecule has 0 bridgehead atoms. The van der Waals surface area contributed by atoms with Crippen molar-refractivity contribution in [3.8, 4) is 0 Å². The minimum absolute atomic E-state index is 0.444. The van der Waals surface area contributed by atoms with Crippen LogP contribution in [-0.4, -0.2) is 36.0 Å². The second kappa shape index (κ2) is 6.88. The maximum absolute atomic E-state index is 8.58. The molecule has 6 nitrogen and oxygen atoms in total. The molecule has 0 heterocycles. The molecule has 0 aromatic rings. The maximum atomic E-state index is 8.58. The van der Waals surface area contributed by atoms with Gasteiger partial charge in [-0.25, -0.2) is 4.62 Å². The van der Waals surface area contributed by atoms with Crippen molar-refractivity contribution in [2.24, 2.45) is 5.73 Å². The summed E-state index contributed by atoms with van der Waals surface area (Å²) >= 11 is 4.18. The van der Waals surface area contributed by atoms with Gasteiger partial charge in [-0.3, -0.25) is 0 Å². The molecule has 0 saturated heterocycles. The molecule has 8 heteroatoms. The van der Waals surface area contributed by atoms with E-state index in [1.807, 2.05) is 0 Å². The fourth-order valence-electron chi connectivity index (χ4n) is 0.496. The number of rotatable bonds is 7. The molecular weight excluding hydrogens is 201 g/mol. The second-order valence-electron chi connectivity index (χ2n) is 2.01. The van der Waals surface area contributed by atoms with Crippen molar-refractivity contribution in [2.45, 2.75) is 0 Å². The Kier molecular flexibility index (Phi) is 7.11. The van der Waals surface area contributed by atoms with Gasteiger partial charge in [-0.15, -0.1) is 0 Å². The smallest absolute Gasteiger partial charge is 0.329 e. The van der Waals surface area contributed by atoms with Crippen LogP contribution < -0.4 is 16.5 Å². The lowest BCUT2D eigenvalue weighted by Gasteiger charge is -2.08. The first-order valence-corrected chi connectivity index (χ1v) is 6.06. The van der Waals surface area contributed by atoms with E-state index in [9.17, 15) is 0 Å². The first-order valence-electron chi connectivity index (χ1n) is 3.44. The summed E-state index contributed by atoms with van der Waals surface area (Å²) in [6.45, 7) is -1.19. The van der Waals surface area contributed by atoms with E-state index < -0.39 is 6.72 Å². The zero-order valence-electron chi connectivity index (χ0n) is 6.56. The van der Waals surface area contributed by atoms with Crippen LogP contribution in [0.15, 0.2) is 0 Å². The molecule has 0 aromatic heterocycles. The first kappa shape index (κ1) is 12.4. The SMILES string of the molecule is NCCNCCNOP(O)(O)=S. The molecule has 0 spiro atoms. The van der Waals surface area contributed by atoms with Gasteiger partial charge >= 0.3 is 6.72 Å². The summed E-state index contributed by atoms with van der Waals surface area (Å²) in [5.74, 6) is 0. The average molecular weight is 215 g/mol. The molecule has 0 aromatic carbocycles. The van der Waals surface area contributed by atoms with Crippen molar-refractivity contribution < 1.29 is 14.4 Å². The van der Waals surface area contributed by atoms with Crippen molar-refractivity contribution >= 4 is 18.5 Å².